The minimum absolute atomic E-state index is 0.0722. The third-order valence-corrected chi connectivity index (χ3v) is 4.93. The predicted octanol–water partition coefficient (Wildman–Crippen LogP) is 3.72. The average molecular weight is 364 g/mol. The molecule has 1 atom stereocenters. The predicted molar refractivity (Wildman–Crippen MR) is 98.9 cm³/mol. The van der Waals surface area contributed by atoms with Crippen LogP contribution in [0.1, 0.15) is 39.1 Å². The smallest absolute Gasteiger partial charge is 0.228 e. The highest BCUT2D eigenvalue weighted by Gasteiger charge is 2.35. The first-order valence-electron chi connectivity index (χ1n) is 8.97. The average Bonchev–Trinajstić information content (AvgIpc) is 2.71. The van der Waals surface area contributed by atoms with Gasteiger partial charge in [0.1, 0.15) is 11.9 Å². The van der Waals surface area contributed by atoms with Crippen molar-refractivity contribution in [1.82, 2.24) is 0 Å². The lowest BCUT2D eigenvalue weighted by atomic mass is 9.84. The Morgan fingerprint density at radius 3 is 2.48 bits per heavy atom. The molecule has 138 valence electrons. The van der Waals surface area contributed by atoms with Crippen molar-refractivity contribution in [3.05, 3.63) is 76.6 Å². The van der Waals surface area contributed by atoms with Gasteiger partial charge in [0.2, 0.25) is 5.78 Å². The van der Waals surface area contributed by atoms with Crippen LogP contribution >= 0.6 is 0 Å². The molecule has 0 fully saturated rings. The summed E-state index contributed by atoms with van der Waals surface area (Å²) in [7, 11) is 1.48. The molecular weight excluding hydrogens is 344 g/mol. The number of ether oxygens (including phenoxy) is 3. The summed E-state index contributed by atoms with van der Waals surface area (Å²) in [6.07, 6.45) is 1.80. The van der Waals surface area contributed by atoms with E-state index in [9.17, 15) is 9.59 Å². The molecule has 1 unspecified atom stereocenters. The summed E-state index contributed by atoms with van der Waals surface area (Å²) < 4.78 is 16.6. The van der Waals surface area contributed by atoms with Gasteiger partial charge in [-0.25, -0.2) is 0 Å². The lowest BCUT2D eigenvalue weighted by molar-refractivity contribution is 0.00303. The molecule has 0 bridgehead atoms. The minimum atomic E-state index is -0.284. The fraction of sp³-hybridized carbons (Fsp3) is 0.273. The van der Waals surface area contributed by atoms with Crippen molar-refractivity contribution in [1.29, 1.82) is 0 Å². The van der Waals surface area contributed by atoms with Gasteiger partial charge in [-0.05, 0) is 24.5 Å². The number of carbonyl (C=O) groups is 2. The van der Waals surface area contributed by atoms with E-state index in [1.54, 1.807) is 24.3 Å². The Bertz CT molecular complexity index is 928. The quantitative estimate of drug-likeness (QED) is 0.757. The number of rotatable bonds is 5. The molecule has 2 aliphatic rings. The lowest BCUT2D eigenvalue weighted by Gasteiger charge is -2.28. The van der Waals surface area contributed by atoms with E-state index in [1.807, 2.05) is 24.3 Å². The summed E-state index contributed by atoms with van der Waals surface area (Å²) in [4.78, 5) is 26.0. The maximum absolute atomic E-state index is 13.1. The first-order valence-corrected chi connectivity index (χ1v) is 8.97. The van der Waals surface area contributed by atoms with Crippen LogP contribution in [-0.2, 0) is 15.9 Å². The lowest BCUT2D eigenvalue weighted by Crippen LogP contribution is -2.29. The SMILES string of the molecule is COCOC1=C(CC2CCc3ccccc3O2)C(=O)c2ccccc2C1=O. The monoisotopic (exact) mass is 364 g/mol. The Hall–Kier alpha value is -2.92. The van der Waals surface area contributed by atoms with Gasteiger partial charge in [-0.1, -0.05) is 42.5 Å². The van der Waals surface area contributed by atoms with Crippen molar-refractivity contribution in [2.75, 3.05) is 13.9 Å². The molecule has 0 N–H and O–H groups in total. The van der Waals surface area contributed by atoms with Crippen LogP contribution in [0.3, 0.4) is 0 Å². The summed E-state index contributed by atoms with van der Waals surface area (Å²) in [5.74, 6) is 0.443. The summed E-state index contributed by atoms with van der Waals surface area (Å²) in [6, 6.07) is 14.7. The van der Waals surface area contributed by atoms with E-state index in [0.717, 1.165) is 24.2 Å². The van der Waals surface area contributed by atoms with Crippen molar-refractivity contribution >= 4 is 11.6 Å². The zero-order chi connectivity index (χ0) is 18.8. The van der Waals surface area contributed by atoms with Crippen molar-refractivity contribution in [2.45, 2.75) is 25.4 Å². The third kappa shape index (κ3) is 3.26. The fourth-order valence-electron chi connectivity index (χ4n) is 3.61. The molecule has 0 saturated heterocycles. The third-order valence-electron chi connectivity index (χ3n) is 4.93. The number of Topliss-reactive ketones (excluding diaryl/α,β-unsaturated/α-hetero) is 2. The topological polar surface area (TPSA) is 61.8 Å². The molecule has 1 heterocycles. The number of hydrogen-bond acceptors (Lipinski definition) is 5. The molecule has 1 aliphatic heterocycles. The molecule has 1 aliphatic carbocycles. The Balaban J connectivity index is 1.66. The van der Waals surface area contributed by atoms with Crippen LogP contribution in [0.5, 0.6) is 5.75 Å². The molecule has 0 amide bonds. The van der Waals surface area contributed by atoms with Crippen LogP contribution in [-0.4, -0.2) is 31.6 Å². The fourth-order valence-corrected chi connectivity index (χ4v) is 3.61. The molecular formula is C22H20O5. The molecule has 5 heteroatoms. The van der Waals surface area contributed by atoms with Crippen LogP contribution in [0.25, 0.3) is 0 Å². The number of allylic oxidation sites excluding steroid dienone is 1. The molecule has 2 aromatic carbocycles. The van der Waals surface area contributed by atoms with Gasteiger partial charge in [0, 0.05) is 24.7 Å². The molecule has 0 spiro atoms. The highest BCUT2D eigenvalue weighted by Crippen LogP contribution is 2.34. The summed E-state index contributed by atoms with van der Waals surface area (Å²) in [5.41, 5.74) is 2.31. The Labute approximate surface area is 157 Å². The number of carbonyl (C=O) groups excluding carboxylic acids is 2. The number of aryl methyl sites for hydroxylation is 1. The number of para-hydroxylation sites is 1. The number of benzene rings is 2. The van der Waals surface area contributed by atoms with Crippen LogP contribution in [0.2, 0.25) is 0 Å². The van der Waals surface area contributed by atoms with Gasteiger partial charge >= 0.3 is 0 Å². The molecule has 5 nitrogen and oxygen atoms in total. The van der Waals surface area contributed by atoms with E-state index in [1.165, 1.54) is 7.11 Å². The minimum Gasteiger partial charge on any atom is -0.490 e. The number of methoxy groups -OCH3 is 1. The summed E-state index contributed by atoms with van der Waals surface area (Å²) in [5, 5.41) is 0. The number of fused-ring (bicyclic) bond motifs is 2. The molecule has 0 radical (unpaired) electrons. The van der Waals surface area contributed by atoms with Crippen LogP contribution in [0.4, 0.5) is 0 Å². The van der Waals surface area contributed by atoms with Crippen LogP contribution < -0.4 is 4.74 Å². The maximum Gasteiger partial charge on any atom is 0.228 e. The van der Waals surface area contributed by atoms with Crippen molar-refractivity contribution in [2.24, 2.45) is 0 Å². The second-order valence-electron chi connectivity index (χ2n) is 6.65. The van der Waals surface area contributed by atoms with E-state index >= 15 is 0 Å². The second-order valence-corrected chi connectivity index (χ2v) is 6.65. The van der Waals surface area contributed by atoms with E-state index < -0.39 is 0 Å². The largest absolute Gasteiger partial charge is 0.490 e. The normalized spacial score (nSPS) is 18.6. The summed E-state index contributed by atoms with van der Waals surface area (Å²) in [6.45, 7) is -0.0889. The molecule has 0 saturated carbocycles. The molecule has 0 aromatic heterocycles. The molecule has 27 heavy (non-hydrogen) atoms. The van der Waals surface area contributed by atoms with Gasteiger partial charge in [-0.2, -0.15) is 0 Å². The standard InChI is InChI=1S/C22H20O5/c1-25-13-26-22-18(20(23)16-7-3-4-8-17(16)21(22)24)12-15-11-10-14-6-2-5-9-19(14)27-15/h2-9,15H,10-13H2,1H3. The van der Waals surface area contributed by atoms with E-state index in [0.29, 0.717) is 23.1 Å². The van der Waals surface area contributed by atoms with E-state index in [2.05, 4.69) is 0 Å². The van der Waals surface area contributed by atoms with Crippen molar-refractivity contribution in [3.8, 4) is 5.75 Å². The van der Waals surface area contributed by atoms with Gasteiger partial charge in [-0.3, -0.25) is 9.59 Å². The Morgan fingerprint density at radius 1 is 1.00 bits per heavy atom. The van der Waals surface area contributed by atoms with E-state index in [-0.39, 0.29) is 30.2 Å². The zero-order valence-corrected chi connectivity index (χ0v) is 15.1. The molecule has 4 rings (SSSR count). The van der Waals surface area contributed by atoms with Crippen molar-refractivity contribution in [3.63, 3.8) is 0 Å². The first kappa shape index (κ1) is 17.5. The van der Waals surface area contributed by atoms with Gasteiger partial charge in [0.15, 0.2) is 18.3 Å². The zero-order valence-electron chi connectivity index (χ0n) is 15.1. The summed E-state index contributed by atoms with van der Waals surface area (Å²) >= 11 is 0. The van der Waals surface area contributed by atoms with Crippen LogP contribution in [0.15, 0.2) is 59.9 Å². The van der Waals surface area contributed by atoms with Crippen LogP contribution in [0, 0.1) is 0 Å². The first-order chi connectivity index (χ1) is 13.2. The van der Waals surface area contributed by atoms with Gasteiger partial charge in [0.25, 0.3) is 0 Å². The highest BCUT2D eigenvalue weighted by molar-refractivity contribution is 6.26. The van der Waals surface area contributed by atoms with Gasteiger partial charge < -0.3 is 14.2 Å². The number of ketones is 2. The van der Waals surface area contributed by atoms with Gasteiger partial charge in [0.05, 0.1) is 5.57 Å². The van der Waals surface area contributed by atoms with E-state index in [4.69, 9.17) is 14.2 Å². The number of hydrogen-bond donors (Lipinski definition) is 0. The second kappa shape index (κ2) is 7.37. The van der Waals surface area contributed by atoms with Gasteiger partial charge in [-0.15, -0.1) is 0 Å². The Kier molecular flexibility index (Phi) is 4.77. The maximum atomic E-state index is 13.1. The molecule has 2 aromatic rings. The highest BCUT2D eigenvalue weighted by atomic mass is 16.7. The van der Waals surface area contributed by atoms with Crippen molar-refractivity contribution < 1.29 is 23.8 Å². The Morgan fingerprint density at radius 2 is 1.70 bits per heavy atom.